The molecule has 0 fully saturated rings. The average molecular weight is 485 g/mol. The predicted molar refractivity (Wildman–Crippen MR) is 140 cm³/mol. The van der Waals surface area contributed by atoms with Crippen LogP contribution < -0.4 is 10.2 Å². The molecule has 2 amide bonds. The quantitative estimate of drug-likeness (QED) is 0.397. The molecule has 0 bridgehead atoms. The number of pyridine rings is 1. The largest absolute Gasteiger partial charge is 0.349 e. The number of carbonyl (C=O) groups excluding carboxylic acids is 2. The third-order valence-electron chi connectivity index (χ3n) is 6.47. The van der Waals surface area contributed by atoms with E-state index in [1.807, 2.05) is 77.1 Å². The van der Waals surface area contributed by atoms with Gasteiger partial charge in [-0.25, -0.2) is 4.68 Å². The number of benzene rings is 2. The van der Waals surface area contributed by atoms with Gasteiger partial charge < -0.3 is 5.32 Å². The maximum absolute atomic E-state index is 14.1. The molecule has 4 aromatic rings. The van der Waals surface area contributed by atoms with E-state index >= 15 is 0 Å². The van der Waals surface area contributed by atoms with E-state index < -0.39 is 11.6 Å². The molecule has 0 radical (unpaired) electrons. The Morgan fingerprint density at radius 3 is 2.50 bits per heavy atom. The van der Waals surface area contributed by atoms with Crippen molar-refractivity contribution in [2.75, 3.05) is 4.90 Å². The zero-order valence-corrected chi connectivity index (χ0v) is 21.4. The molecule has 36 heavy (non-hydrogen) atoms. The molecule has 1 N–H and O–H groups in total. The molecule has 0 saturated carbocycles. The summed E-state index contributed by atoms with van der Waals surface area (Å²) in [5, 5.41) is 11.5. The van der Waals surface area contributed by atoms with E-state index in [0.29, 0.717) is 16.8 Å². The number of rotatable bonds is 8. The minimum absolute atomic E-state index is 0.0695. The molecular formula is C28H32N6O2. The Morgan fingerprint density at radius 2 is 1.78 bits per heavy atom. The van der Waals surface area contributed by atoms with Crippen LogP contribution in [0, 0.1) is 13.8 Å². The minimum atomic E-state index is -0.901. The second kappa shape index (κ2) is 10.3. The summed E-state index contributed by atoms with van der Waals surface area (Å²) in [5.41, 5.74) is 4.24. The van der Waals surface area contributed by atoms with Gasteiger partial charge in [0.05, 0.1) is 5.52 Å². The number of para-hydroxylation sites is 1. The molecule has 8 heteroatoms. The van der Waals surface area contributed by atoms with E-state index in [1.54, 1.807) is 34.1 Å². The number of fused-ring (bicyclic) bond motifs is 1. The van der Waals surface area contributed by atoms with Gasteiger partial charge in [0.25, 0.3) is 0 Å². The van der Waals surface area contributed by atoms with Crippen LogP contribution in [-0.2, 0) is 16.1 Å². The van der Waals surface area contributed by atoms with E-state index in [-0.39, 0.29) is 18.4 Å². The number of nitrogens with one attached hydrogen (secondary N) is 1. The van der Waals surface area contributed by atoms with E-state index in [0.717, 1.165) is 23.1 Å². The fourth-order valence-corrected chi connectivity index (χ4v) is 4.09. The van der Waals surface area contributed by atoms with Gasteiger partial charge in [0, 0.05) is 23.6 Å². The first-order valence-electron chi connectivity index (χ1n) is 12.1. The van der Waals surface area contributed by atoms with Crippen LogP contribution in [0.1, 0.15) is 49.9 Å². The molecule has 4 rings (SSSR count). The third-order valence-corrected chi connectivity index (χ3v) is 6.47. The van der Waals surface area contributed by atoms with Crippen molar-refractivity contribution in [3.63, 3.8) is 0 Å². The van der Waals surface area contributed by atoms with Crippen molar-refractivity contribution >= 4 is 28.5 Å². The molecule has 0 unspecified atom stereocenters. The van der Waals surface area contributed by atoms with Crippen molar-refractivity contribution in [1.82, 2.24) is 25.3 Å². The van der Waals surface area contributed by atoms with E-state index in [2.05, 4.69) is 20.6 Å². The van der Waals surface area contributed by atoms with Crippen molar-refractivity contribution in [2.45, 2.75) is 59.2 Å². The van der Waals surface area contributed by atoms with Crippen LogP contribution in [0.5, 0.6) is 0 Å². The van der Waals surface area contributed by atoms with Crippen molar-refractivity contribution in [1.29, 1.82) is 0 Å². The van der Waals surface area contributed by atoms with Gasteiger partial charge in [-0.3, -0.25) is 19.5 Å². The zero-order chi connectivity index (χ0) is 25.9. The van der Waals surface area contributed by atoms with E-state index in [4.69, 9.17) is 0 Å². The summed E-state index contributed by atoms with van der Waals surface area (Å²) in [7, 11) is 0. The number of hydrogen-bond donors (Lipinski definition) is 1. The van der Waals surface area contributed by atoms with Crippen molar-refractivity contribution in [3.05, 3.63) is 83.7 Å². The van der Waals surface area contributed by atoms with Gasteiger partial charge in [0.15, 0.2) is 0 Å². The Balaban J connectivity index is 1.85. The average Bonchev–Trinajstić information content (AvgIpc) is 3.27. The lowest BCUT2D eigenvalue weighted by atomic mass is 9.98. The topological polar surface area (TPSA) is 93.0 Å². The van der Waals surface area contributed by atoms with Crippen LogP contribution in [0.25, 0.3) is 11.0 Å². The van der Waals surface area contributed by atoms with Gasteiger partial charge in [-0.15, -0.1) is 5.10 Å². The van der Waals surface area contributed by atoms with Gasteiger partial charge in [0.2, 0.25) is 11.8 Å². The van der Waals surface area contributed by atoms with Crippen molar-refractivity contribution in [2.24, 2.45) is 0 Å². The summed E-state index contributed by atoms with van der Waals surface area (Å²) >= 11 is 0. The maximum Gasteiger partial charge on any atom is 0.249 e. The summed E-state index contributed by atoms with van der Waals surface area (Å²) in [5.74, 6) is -0.531. The lowest BCUT2D eigenvalue weighted by Gasteiger charge is -2.35. The van der Waals surface area contributed by atoms with Crippen LogP contribution in [-0.4, -0.2) is 37.3 Å². The van der Waals surface area contributed by atoms with Crippen LogP contribution >= 0.6 is 0 Å². The molecule has 0 aliphatic carbocycles. The maximum atomic E-state index is 14.1. The Kier molecular flexibility index (Phi) is 7.15. The molecule has 2 heterocycles. The SMILES string of the molecule is CCC(C)(C)NC(=O)[C@H](c1ccncc1)N(C(=O)Cn1nnc2ccccc21)c1cc(C)ccc1C. The lowest BCUT2D eigenvalue weighted by Crippen LogP contribution is -2.51. The fraction of sp³-hybridized carbons (Fsp3) is 0.321. The summed E-state index contributed by atoms with van der Waals surface area (Å²) < 4.78 is 1.58. The van der Waals surface area contributed by atoms with E-state index in [1.165, 1.54) is 0 Å². The Hall–Kier alpha value is -4.07. The first kappa shape index (κ1) is 25.0. The smallest absolute Gasteiger partial charge is 0.249 e. The highest BCUT2D eigenvalue weighted by Crippen LogP contribution is 2.32. The summed E-state index contributed by atoms with van der Waals surface area (Å²) in [6.45, 7) is 9.81. The second-order valence-corrected chi connectivity index (χ2v) is 9.70. The molecule has 2 aromatic carbocycles. The van der Waals surface area contributed by atoms with Gasteiger partial charge in [-0.05, 0) is 81.1 Å². The molecule has 8 nitrogen and oxygen atoms in total. The van der Waals surface area contributed by atoms with E-state index in [9.17, 15) is 9.59 Å². The molecule has 0 aliphatic heterocycles. The van der Waals surface area contributed by atoms with Gasteiger partial charge in [0.1, 0.15) is 18.1 Å². The first-order valence-corrected chi connectivity index (χ1v) is 12.1. The highest BCUT2D eigenvalue weighted by atomic mass is 16.2. The number of aromatic nitrogens is 4. The Bertz CT molecular complexity index is 1380. The predicted octanol–water partition coefficient (Wildman–Crippen LogP) is 4.52. The van der Waals surface area contributed by atoms with Crippen LogP contribution in [0.2, 0.25) is 0 Å². The highest BCUT2D eigenvalue weighted by molar-refractivity contribution is 6.02. The van der Waals surface area contributed by atoms with Crippen LogP contribution in [0.3, 0.4) is 0 Å². The highest BCUT2D eigenvalue weighted by Gasteiger charge is 2.36. The number of nitrogens with zero attached hydrogens (tertiary/aromatic N) is 5. The molecule has 0 spiro atoms. The van der Waals surface area contributed by atoms with Crippen LogP contribution in [0.15, 0.2) is 67.0 Å². The monoisotopic (exact) mass is 484 g/mol. The number of carbonyl (C=O) groups is 2. The molecular weight excluding hydrogens is 452 g/mol. The molecule has 1 atom stereocenters. The molecule has 2 aromatic heterocycles. The summed E-state index contributed by atoms with van der Waals surface area (Å²) in [4.78, 5) is 33.7. The lowest BCUT2D eigenvalue weighted by molar-refractivity contribution is -0.128. The molecule has 0 saturated heterocycles. The number of anilines is 1. The minimum Gasteiger partial charge on any atom is -0.349 e. The van der Waals surface area contributed by atoms with Crippen molar-refractivity contribution in [3.8, 4) is 0 Å². The standard InChI is InChI=1S/C28H32N6O2/c1-6-28(4,5)30-27(36)26(21-13-15-29-16-14-21)34(24-17-19(2)11-12-20(24)3)25(35)18-33-23-10-8-7-9-22(23)31-32-33/h7-17,26H,6,18H2,1-5H3,(H,30,36)/t26-/m0/s1. The Morgan fingerprint density at radius 1 is 1.06 bits per heavy atom. The third kappa shape index (κ3) is 5.27. The summed E-state index contributed by atoms with van der Waals surface area (Å²) in [6, 6.07) is 16.1. The summed E-state index contributed by atoms with van der Waals surface area (Å²) in [6.07, 6.45) is 4.01. The van der Waals surface area contributed by atoms with Gasteiger partial charge in [-0.2, -0.15) is 0 Å². The number of amides is 2. The number of hydrogen-bond acceptors (Lipinski definition) is 5. The van der Waals surface area contributed by atoms with Crippen molar-refractivity contribution < 1.29 is 9.59 Å². The van der Waals surface area contributed by atoms with Gasteiger partial charge >= 0.3 is 0 Å². The normalized spacial score (nSPS) is 12.4. The first-order chi connectivity index (χ1) is 17.2. The fourth-order valence-electron chi connectivity index (χ4n) is 4.09. The van der Waals surface area contributed by atoms with Crippen LogP contribution in [0.4, 0.5) is 5.69 Å². The zero-order valence-electron chi connectivity index (χ0n) is 21.4. The molecule has 186 valence electrons. The van der Waals surface area contributed by atoms with Gasteiger partial charge in [-0.1, -0.05) is 36.4 Å². The number of aryl methyl sites for hydroxylation is 2. The Labute approximate surface area is 211 Å². The molecule has 0 aliphatic rings. The second-order valence-electron chi connectivity index (χ2n) is 9.70.